The van der Waals surface area contributed by atoms with Crippen molar-refractivity contribution in [3.63, 3.8) is 0 Å². The lowest BCUT2D eigenvalue weighted by atomic mass is 10.2. The molecular formula is C7H2I3N3O2. The van der Waals surface area contributed by atoms with Crippen LogP contribution in [0.25, 0.3) is 10.4 Å². The van der Waals surface area contributed by atoms with E-state index in [-0.39, 0.29) is 5.56 Å². The Bertz CT molecular complexity index is 457. The second-order valence-corrected chi connectivity index (χ2v) is 5.78. The molecule has 0 saturated heterocycles. The SMILES string of the molecule is [N-]=[N+]=Nc1c(I)cc(I)c(C(=O)O)c1I. The standard InChI is InChI=1S/C7H2I3N3O2/c8-2-1-3(9)6(12-13-11)5(10)4(2)7(14)15/h1H,(H,14,15). The third kappa shape index (κ3) is 2.85. The second kappa shape index (κ2) is 5.50. The average Bonchev–Trinajstić information content (AvgIpc) is 2.11. The monoisotopic (exact) mass is 541 g/mol. The van der Waals surface area contributed by atoms with E-state index < -0.39 is 5.97 Å². The minimum Gasteiger partial charge on any atom is -0.478 e. The molecule has 0 amide bonds. The summed E-state index contributed by atoms with van der Waals surface area (Å²) in [6.45, 7) is 0. The van der Waals surface area contributed by atoms with Gasteiger partial charge in [0.25, 0.3) is 0 Å². The van der Waals surface area contributed by atoms with Crippen LogP contribution in [0.1, 0.15) is 10.4 Å². The highest BCUT2D eigenvalue weighted by Gasteiger charge is 2.18. The average molecular weight is 541 g/mol. The Morgan fingerprint density at radius 2 is 2.00 bits per heavy atom. The highest BCUT2D eigenvalue weighted by Crippen LogP contribution is 2.33. The lowest BCUT2D eigenvalue weighted by Gasteiger charge is -2.07. The Kier molecular flexibility index (Phi) is 4.86. The maximum Gasteiger partial charge on any atom is 0.337 e. The highest BCUT2D eigenvalue weighted by atomic mass is 127. The molecule has 1 aromatic carbocycles. The number of nitrogens with zero attached hydrogens (tertiary/aromatic N) is 3. The smallest absolute Gasteiger partial charge is 0.337 e. The second-order valence-electron chi connectivity index (χ2n) is 2.37. The molecular weight excluding hydrogens is 539 g/mol. The van der Waals surface area contributed by atoms with Crippen LogP contribution in [0.3, 0.4) is 0 Å². The molecule has 1 rings (SSSR count). The van der Waals surface area contributed by atoms with Crippen LogP contribution in [-0.2, 0) is 0 Å². The molecule has 0 heterocycles. The van der Waals surface area contributed by atoms with E-state index in [1.165, 1.54) is 0 Å². The van der Waals surface area contributed by atoms with Crippen LogP contribution in [0.2, 0.25) is 0 Å². The van der Waals surface area contributed by atoms with Gasteiger partial charge in [0, 0.05) is 15.6 Å². The van der Waals surface area contributed by atoms with Crippen LogP contribution >= 0.6 is 67.8 Å². The quantitative estimate of drug-likeness (QED) is 0.265. The van der Waals surface area contributed by atoms with Crippen LogP contribution in [-0.4, -0.2) is 11.1 Å². The van der Waals surface area contributed by atoms with E-state index in [2.05, 4.69) is 10.0 Å². The van der Waals surface area contributed by atoms with Crippen LogP contribution in [0.15, 0.2) is 11.2 Å². The number of aromatic carboxylic acids is 1. The summed E-state index contributed by atoms with van der Waals surface area (Å²) in [5, 5.41) is 12.5. The van der Waals surface area contributed by atoms with E-state index >= 15 is 0 Å². The number of hydrogen-bond acceptors (Lipinski definition) is 2. The van der Waals surface area contributed by atoms with Crippen molar-refractivity contribution in [2.24, 2.45) is 5.11 Å². The van der Waals surface area contributed by atoms with E-state index in [4.69, 9.17) is 10.6 Å². The molecule has 0 saturated carbocycles. The third-order valence-electron chi connectivity index (χ3n) is 1.50. The lowest BCUT2D eigenvalue weighted by Crippen LogP contribution is -2.04. The zero-order valence-electron chi connectivity index (χ0n) is 6.91. The van der Waals surface area contributed by atoms with Gasteiger partial charge in [0.05, 0.1) is 11.3 Å². The normalized spacial score (nSPS) is 9.53. The van der Waals surface area contributed by atoms with Crippen molar-refractivity contribution in [3.8, 4) is 0 Å². The Balaban J connectivity index is 3.63. The molecule has 0 aliphatic rings. The minimum absolute atomic E-state index is 0.180. The molecule has 0 radical (unpaired) electrons. The maximum absolute atomic E-state index is 11.0. The molecule has 0 atom stereocenters. The van der Waals surface area contributed by atoms with Crippen LogP contribution in [0, 0.1) is 10.7 Å². The number of azide groups is 1. The van der Waals surface area contributed by atoms with E-state index in [1.54, 1.807) is 6.07 Å². The molecule has 0 spiro atoms. The predicted molar refractivity (Wildman–Crippen MR) is 80.4 cm³/mol. The number of benzene rings is 1. The van der Waals surface area contributed by atoms with Crippen LogP contribution in [0.4, 0.5) is 5.69 Å². The largest absolute Gasteiger partial charge is 0.478 e. The molecule has 0 fully saturated rings. The molecule has 78 valence electrons. The van der Waals surface area contributed by atoms with Gasteiger partial charge in [-0.25, -0.2) is 4.79 Å². The van der Waals surface area contributed by atoms with Crippen molar-refractivity contribution < 1.29 is 9.90 Å². The van der Waals surface area contributed by atoms with Gasteiger partial charge in [-0.05, 0) is 79.4 Å². The molecule has 0 aromatic heterocycles. The van der Waals surface area contributed by atoms with Gasteiger partial charge in [-0.2, -0.15) is 0 Å². The molecule has 15 heavy (non-hydrogen) atoms. The summed E-state index contributed by atoms with van der Waals surface area (Å²) in [7, 11) is 0. The zero-order chi connectivity index (χ0) is 11.6. The molecule has 0 unspecified atom stereocenters. The Morgan fingerprint density at radius 1 is 1.40 bits per heavy atom. The van der Waals surface area contributed by atoms with Crippen molar-refractivity contribution in [1.29, 1.82) is 0 Å². The fourth-order valence-electron chi connectivity index (χ4n) is 0.912. The molecule has 0 bridgehead atoms. The zero-order valence-corrected chi connectivity index (χ0v) is 13.4. The van der Waals surface area contributed by atoms with Gasteiger partial charge in [0.15, 0.2) is 0 Å². The summed E-state index contributed by atoms with van der Waals surface area (Å²) in [5.41, 5.74) is 8.92. The van der Waals surface area contributed by atoms with Crippen molar-refractivity contribution in [1.82, 2.24) is 0 Å². The topological polar surface area (TPSA) is 86.1 Å². The number of halogens is 3. The van der Waals surface area contributed by atoms with E-state index in [9.17, 15) is 4.79 Å². The fourth-order valence-corrected chi connectivity index (χ4v) is 4.96. The number of carboxylic acids is 1. The van der Waals surface area contributed by atoms with Crippen molar-refractivity contribution in [3.05, 3.63) is 32.8 Å². The Hall–Kier alpha value is 0.190. The van der Waals surface area contributed by atoms with Crippen molar-refractivity contribution in [2.75, 3.05) is 0 Å². The molecule has 1 aromatic rings. The van der Waals surface area contributed by atoms with Crippen LogP contribution < -0.4 is 0 Å². The molecule has 0 aliphatic heterocycles. The first-order chi connectivity index (χ1) is 6.99. The summed E-state index contributed by atoms with van der Waals surface area (Å²) in [5.74, 6) is -1.02. The fraction of sp³-hybridized carbons (Fsp3) is 0. The van der Waals surface area contributed by atoms with Gasteiger partial charge in [-0.15, -0.1) is 0 Å². The Morgan fingerprint density at radius 3 is 2.47 bits per heavy atom. The summed E-state index contributed by atoms with van der Waals surface area (Å²) in [4.78, 5) is 13.6. The van der Waals surface area contributed by atoms with Gasteiger partial charge in [-0.1, -0.05) is 5.11 Å². The number of rotatable bonds is 2. The van der Waals surface area contributed by atoms with E-state index in [0.717, 1.165) is 3.57 Å². The predicted octanol–water partition coefficient (Wildman–Crippen LogP) is 4.14. The summed E-state index contributed by atoms with van der Waals surface area (Å²) >= 11 is 5.83. The van der Waals surface area contributed by atoms with Gasteiger partial charge in [0.2, 0.25) is 0 Å². The summed E-state index contributed by atoms with van der Waals surface area (Å²) in [6, 6.07) is 1.68. The van der Waals surface area contributed by atoms with Gasteiger partial charge in [-0.3, -0.25) is 0 Å². The number of carboxylic acid groups (broad SMARTS) is 1. The van der Waals surface area contributed by atoms with Gasteiger partial charge in [0.1, 0.15) is 0 Å². The molecule has 5 nitrogen and oxygen atoms in total. The molecule has 0 aliphatic carbocycles. The first kappa shape index (κ1) is 13.3. The van der Waals surface area contributed by atoms with Gasteiger partial charge < -0.3 is 5.11 Å². The number of hydrogen-bond donors (Lipinski definition) is 1. The van der Waals surface area contributed by atoms with E-state index in [1.807, 2.05) is 67.8 Å². The Labute approximate surface area is 126 Å². The minimum atomic E-state index is -1.02. The first-order valence-corrected chi connectivity index (χ1v) is 6.68. The molecule has 8 heteroatoms. The van der Waals surface area contributed by atoms with Gasteiger partial charge >= 0.3 is 5.97 Å². The lowest BCUT2D eigenvalue weighted by molar-refractivity contribution is 0.0694. The van der Waals surface area contributed by atoms with E-state index in [0.29, 0.717) is 12.8 Å². The first-order valence-electron chi connectivity index (χ1n) is 3.45. The summed E-state index contributed by atoms with van der Waals surface area (Å²) < 4.78 is 1.84. The number of carbonyl (C=O) groups is 1. The van der Waals surface area contributed by atoms with Crippen LogP contribution in [0.5, 0.6) is 0 Å². The highest BCUT2D eigenvalue weighted by molar-refractivity contribution is 14.1. The van der Waals surface area contributed by atoms with Crippen molar-refractivity contribution >= 4 is 79.4 Å². The maximum atomic E-state index is 11.0. The molecule has 1 N–H and O–H groups in total. The summed E-state index contributed by atoms with van der Waals surface area (Å²) in [6.07, 6.45) is 0. The van der Waals surface area contributed by atoms with Crippen molar-refractivity contribution in [2.45, 2.75) is 0 Å². The third-order valence-corrected chi connectivity index (χ3v) is 4.23.